The molecule has 3 nitrogen and oxygen atoms in total. The third-order valence-corrected chi connectivity index (χ3v) is 2.44. The number of aryl methyl sites for hydroxylation is 1. The number of rotatable bonds is 3. The van der Waals surface area contributed by atoms with E-state index in [0.29, 0.717) is 0 Å². The number of aromatic nitrogens is 1. The predicted molar refractivity (Wildman–Crippen MR) is 56.4 cm³/mol. The number of amidine groups is 1. The van der Waals surface area contributed by atoms with Crippen LogP contribution >= 0.6 is 11.8 Å². The van der Waals surface area contributed by atoms with Crippen molar-refractivity contribution >= 4 is 17.6 Å². The van der Waals surface area contributed by atoms with Crippen LogP contribution in [-0.2, 0) is 0 Å². The number of hydrogen-bond acceptors (Lipinski definition) is 3. The molecule has 0 saturated heterocycles. The summed E-state index contributed by atoms with van der Waals surface area (Å²) in [5.74, 6) is 1.03. The SMILES string of the molecule is CCSc1nc(C)ccc1C(=N)N. The first-order chi connectivity index (χ1) is 6.15. The first-order valence-electron chi connectivity index (χ1n) is 4.10. The quantitative estimate of drug-likeness (QED) is 0.439. The molecule has 4 heteroatoms. The molecule has 1 rings (SSSR count). The van der Waals surface area contributed by atoms with Gasteiger partial charge in [-0.3, -0.25) is 5.41 Å². The van der Waals surface area contributed by atoms with Crippen molar-refractivity contribution in [2.45, 2.75) is 18.9 Å². The van der Waals surface area contributed by atoms with Crippen LogP contribution in [0.1, 0.15) is 18.2 Å². The lowest BCUT2D eigenvalue weighted by molar-refractivity contribution is 1.05. The number of nitrogen functional groups attached to an aromatic ring is 1. The molecule has 1 heterocycles. The van der Waals surface area contributed by atoms with E-state index in [1.54, 1.807) is 11.8 Å². The molecule has 0 aliphatic heterocycles. The molecule has 0 atom stereocenters. The normalized spacial score (nSPS) is 10.0. The topological polar surface area (TPSA) is 62.8 Å². The minimum Gasteiger partial charge on any atom is -0.384 e. The first-order valence-corrected chi connectivity index (χ1v) is 5.08. The highest BCUT2D eigenvalue weighted by atomic mass is 32.2. The Hall–Kier alpha value is -1.03. The Labute approximate surface area is 82.3 Å². The van der Waals surface area contributed by atoms with Crippen LogP contribution < -0.4 is 5.73 Å². The molecule has 70 valence electrons. The highest BCUT2D eigenvalue weighted by Crippen LogP contribution is 2.19. The minimum atomic E-state index is 0.0865. The van der Waals surface area contributed by atoms with Gasteiger partial charge in [0.2, 0.25) is 0 Å². The molecular formula is C9H13N3S. The van der Waals surface area contributed by atoms with Crippen LogP contribution in [0.25, 0.3) is 0 Å². The summed E-state index contributed by atoms with van der Waals surface area (Å²) in [6.45, 7) is 3.99. The van der Waals surface area contributed by atoms with Crippen molar-refractivity contribution < 1.29 is 0 Å². The Bertz CT molecular complexity index is 323. The zero-order valence-corrected chi connectivity index (χ0v) is 8.61. The van der Waals surface area contributed by atoms with E-state index < -0.39 is 0 Å². The third-order valence-electron chi connectivity index (χ3n) is 1.57. The fourth-order valence-electron chi connectivity index (χ4n) is 0.985. The lowest BCUT2D eigenvalue weighted by Crippen LogP contribution is -2.13. The third kappa shape index (κ3) is 2.45. The molecule has 0 aliphatic carbocycles. The van der Waals surface area contributed by atoms with E-state index >= 15 is 0 Å². The maximum absolute atomic E-state index is 7.35. The molecule has 0 radical (unpaired) electrons. The smallest absolute Gasteiger partial charge is 0.125 e. The predicted octanol–water partition coefficient (Wildman–Crippen LogP) is 1.79. The first kappa shape index (κ1) is 10.1. The number of nitrogens with zero attached hydrogens (tertiary/aromatic N) is 1. The molecule has 0 fully saturated rings. The Kier molecular flexibility index (Phi) is 3.31. The number of nitrogens with one attached hydrogen (secondary N) is 1. The molecule has 3 N–H and O–H groups in total. The van der Waals surface area contributed by atoms with Crippen molar-refractivity contribution in [1.29, 1.82) is 5.41 Å². The Balaban J connectivity index is 3.10. The zero-order valence-electron chi connectivity index (χ0n) is 7.79. The minimum absolute atomic E-state index is 0.0865. The summed E-state index contributed by atoms with van der Waals surface area (Å²) >= 11 is 1.61. The number of hydrogen-bond donors (Lipinski definition) is 2. The average molecular weight is 195 g/mol. The van der Waals surface area contributed by atoms with Gasteiger partial charge in [0.25, 0.3) is 0 Å². The molecule has 0 aliphatic rings. The van der Waals surface area contributed by atoms with Gasteiger partial charge in [-0.25, -0.2) is 4.98 Å². The van der Waals surface area contributed by atoms with Gasteiger partial charge in [0.1, 0.15) is 10.9 Å². The second-order valence-corrected chi connectivity index (χ2v) is 3.90. The molecule has 0 bridgehead atoms. The highest BCUT2D eigenvalue weighted by molar-refractivity contribution is 7.99. The van der Waals surface area contributed by atoms with Crippen LogP contribution in [0.15, 0.2) is 17.2 Å². The summed E-state index contributed by atoms with van der Waals surface area (Å²) in [4.78, 5) is 4.33. The van der Waals surface area contributed by atoms with Gasteiger partial charge in [-0.05, 0) is 24.8 Å². The summed E-state index contributed by atoms with van der Waals surface area (Å²) in [6, 6.07) is 3.72. The van der Waals surface area contributed by atoms with Gasteiger partial charge in [0, 0.05) is 11.3 Å². The number of nitrogens with two attached hydrogens (primary N) is 1. The molecule has 13 heavy (non-hydrogen) atoms. The zero-order chi connectivity index (χ0) is 9.84. The van der Waals surface area contributed by atoms with E-state index in [2.05, 4.69) is 11.9 Å². The molecular weight excluding hydrogens is 182 g/mol. The van der Waals surface area contributed by atoms with E-state index in [1.165, 1.54) is 0 Å². The Morgan fingerprint density at radius 2 is 2.31 bits per heavy atom. The van der Waals surface area contributed by atoms with Crippen molar-refractivity contribution in [3.63, 3.8) is 0 Å². The molecule has 0 aromatic carbocycles. The van der Waals surface area contributed by atoms with E-state index in [9.17, 15) is 0 Å². The van der Waals surface area contributed by atoms with Crippen molar-refractivity contribution in [3.05, 3.63) is 23.4 Å². The van der Waals surface area contributed by atoms with E-state index in [1.807, 2.05) is 19.1 Å². The average Bonchev–Trinajstić information content (AvgIpc) is 2.04. The lowest BCUT2D eigenvalue weighted by atomic mass is 10.2. The summed E-state index contributed by atoms with van der Waals surface area (Å²) < 4.78 is 0. The summed E-state index contributed by atoms with van der Waals surface area (Å²) in [5, 5.41) is 8.21. The monoisotopic (exact) mass is 195 g/mol. The standard InChI is InChI=1S/C9H13N3S/c1-3-13-9-7(8(10)11)5-4-6(2)12-9/h4-5H,3H2,1-2H3,(H3,10,11). The van der Waals surface area contributed by atoms with Gasteiger partial charge < -0.3 is 5.73 Å². The van der Waals surface area contributed by atoms with Crippen molar-refractivity contribution in [2.75, 3.05) is 5.75 Å². The molecule has 0 unspecified atom stereocenters. The molecule has 0 amide bonds. The van der Waals surface area contributed by atoms with Crippen molar-refractivity contribution in [2.24, 2.45) is 5.73 Å². The summed E-state index contributed by atoms with van der Waals surface area (Å²) in [6.07, 6.45) is 0. The maximum atomic E-state index is 7.35. The number of pyridine rings is 1. The lowest BCUT2D eigenvalue weighted by Gasteiger charge is -2.05. The Morgan fingerprint density at radius 3 is 2.85 bits per heavy atom. The van der Waals surface area contributed by atoms with Crippen LogP contribution in [0.4, 0.5) is 0 Å². The fraction of sp³-hybridized carbons (Fsp3) is 0.333. The highest BCUT2D eigenvalue weighted by Gasteiger charge is 2.06. The summed E-state index contributed by atoms with van der Waals surface area (Å²) in [5.41, 5.74) is 7.12. The van der Waals surface area contributed by atoms with Gasteiger partial charge in [0.05, 0.1) is 0 Å². The van der Waals surface area contributed by atoms with Gasteiger partial charge in [-0.15, -0.1) is 11.8 Å². The van der Waals surface area contributed by atoms with Gasteiger partial charge in [0.15, 0.2) is 0 Å². The van der Waals surface area contributed by atoms with Crippen LogP contribution in [0.5, 0.6) is 0 Å². The van der Waals surface area contributed by atoms with Crippen LogP contribution in [0.3, 0.4) is 0 Å². The molecule has 0 spiro atoms. The van der Waals surface area contributed by atoms with Gasteiger partial charge in [-0.2, -0.15) is 0 Å². The maximum Gasteiger partial charge on any atom is 0.125 e. The van der Waals surface area contributed by atoms with Crippen molar-refractivity contribution in [3.8, 4) is 0 Å². The van der Waals surface area contributed by atoms with E-state index in [-0.39, 0.29) is 5.84 Å². The second kappa shape index (κ2) is 4.28. The molecule has 0 saturated carbocycles. The number of thioether (sulfide) groups is 1. The van der Waals surface area contributed by atoms with Gasteiger partial charge >= 0.3 is 0 Å². The van der Waals surface area contributed by atoms with Crippen LogP contribution in [0, 0.1) is 12.3 Å². The van der Waals surface area contributed by atoms with Crippen LogP contribution in [-0.4, -0.2) is 16.6 Å². The molecule has 1 aromatic rings. The largest absolute Gasteiger partial charge is 0.384 e. The fourth-order valence-corrected chi connectivity index (χ4v) is 1.80. The van der Waals surface area contributed by atoms with Crippen LogP contribution in [0.2, 0.25) is 0 Å². The summed E-state index contributed by atoms with van der Waals surface area (Å²) in [7, 11) is 0. The second-order valence-electron chi connectivity index (χ2n) is 2.65. The van der Waals surface area contributed by atoms with Crippen molar-refractivity contribution in [1.82, 2.24) is 4.98 Å². The Morgan fingerprint density at radius 1 is 1.62 bits per heavy atom. The van der Waals surface area contributed by atoms with E-state index in [0.717, 1.165) is 22.0 Å². The van der Waals surface area contributed by atoms with Gasteiger partial charge in [-0.1, -0.05) is 6.92 Å². The molecule has 1 aromatic heterocycles. The van der Waals surface area contributed by atoms with E-state index in [4.69, 9.17) is 11.1 Å².